The quantitative estimate of drug-likeness (QED) is 0.494. The summed E-state index contributed by atoms with van der Waals surface area (Å²) >= 11 is 1.55. The van der Waals surface area contributed by atoms with E-state index in [9.17, 15) is 8.42 Å². The highest BCUT2D eigenvalue weighted by atomic mass is 32.2. The predicted octanol–water partition coefficient (Wildman–Crippen LogP) is 4.57. The van der Waals surface area contributed by atoms with Crippen LogP contribution in [0.4, 0.5) is 23.1 Å². The number of hydrogen-bond donors (Lipinski definition) is 3. The number of fused-ring (bicyclic) bond motifs is 1. The van der Waals surface area contributed by atoms with Crippen molar-refractivity contribution in [2.75, 3.05) is 28.6 Å². The number of nitrogens with zero attached hydrogens (tertiary/aromatic N) is 2. The van der Waals surface area contributed by atoms with Gasteiger partial charge in [-0.15, -0.1) is 11.3 Å². The Morgan fingerprint density at radius 1 is 1.10 bits per heavy atom. The molecular weight excluding hydrogens is 434 g/mol. The fraction of sp³-hybridized carbons (Fsp3) is 0.429. The van der Waals surface area contributed by atoms with Gasteiger partial charge in [0.2, 0.25) is 16.0 Å². The number of nitrogens with one attached hydrogen (secondary N) is 3. The summed E-state index contributed by atoms with van der Waals surface area (Å²) in [7, 11) is -3.51. The summed E-state index contributed by atoms with van der Waals surface area (Å²) in [4.78, 5) is 10.2. The molecular formula is C21H27N5O3S2. The van der Waals surface area contributed by atoms with E-state index in [4.69, 9.17) is 9.72 Å². The van der Waals surface area contributed by atoms with Crippen LogP contribution in [0.3, 0.4) is 0 Å². The molecule has 0 spiro atoms. The van der Waals surface area contributed by atoms with E-state index in [-0.39, 0.29) is 6.04 Å². The number of rotatable bonds is 6. The predicted molar refractivity (Wildman–Crippen MR) is 127 cm³/mol. The van der Waals surface area contributed by atoms with Gasteiger partial charge in [0.25, 0.3) is 0 Å². The SMILES string of the molecule is CC(C)(C)S(=O)(=O)Nc1cccc(Nc2nc(NC3CCOCC3)nc3sccc23)c1. The van der Waals surface area contributed by atoms with Crippen LogP contribution in [0, 0.1) is 0 Å². The number of ether oxygens (including phenoxy) is 1. The van der Waals surface area contributed by atoms with Crippen molar-refractivity contribution in [3.05, 3.63) is 35.7 Å². The van der Waals surface area contributed by atoms with Crippen LogP contribution in [0.25, 0.3) is 10.2 Å². The van der Waals surface area contributed by atoms with Gasteiger partial charge in [0.15, 0.2) is 0 Å². The second-order valence-electron chi connectivity index (χ2n) is 8.49. The normalized spacial score (nSPS) is 15.7. The lowest BCUT2D eigenvalue weighted by Gasteiger charge is -2.23. The maximum Gasteiger partial charge on any atom is 0.237 e. The maximum absolute atomic E-state index is 12.5. The Kier molecular flexibility index (Phi) is 6.05. The number of hydrogen-bond acceptors (Lipinski definition) is 8. The minimum absolute atomic E-state index is 0.286. The highest BCUT2D eigenvalue weighted by Gasteiger charge is 2.28. The zero-order chi connectivity index (χ0) is 22.1. The van der Waals surface area contributed by atoms with Gasteiger partial charge in [-0.1, -0.05) is 6.07 Å². The average molecular weight is 462 g/mol. The second kappa shape index (κ2) is 8.60. The molecule has 31 heavy (non-hydrogen) atoms. The lowest BCUT2D eigenvalue weighted by Crippen LogP contribution is -2.33. The lowest BCUT2D eigenvalue weighted by molar-refractivity contribution is 0.0903. The number of sulfonamides is 1. The van der Waals surface area contributed by atoms with E-state index in [0.717, 1.165) is 42.0 Å². The van der Waals surface area contributed by atoms with Crippen molar-refractivity contribution >= 4 is 54.7 Å². The van der Waals surface area contributed by atoms with E-state index in [0.29, 0.717) is 17.5 Å². The standard InChI is InChI=1S/C21H27N5O3S2/c1-21(2,3)31(27,28)26-16-6-4-5-15(13-16)22-18-17-9-12-30-19(17)25-20(24-18)23-14-7-10-29-11-8-14/h4-6,9,12-14,26H,7-8,10-11H2,1-3H3,(H2,22,23,24,25). The summed E-state index contributed by atoms with van der Waals surface area (Å²) in [5.74, 6) is 1.26. The summed E-state index contributed by atoms with van der Waals surface area (Å²) in [5.41, 5.74) is 1.23. The third-order valence-corrected chi connectivity index (χ3v) is 7.99. The topological polar surface area (TPSA) is 105 Å². The van der Waals surface area contributed by atoms with Gasteiger partial charge < -0.3 is 15.4 Å². The number of anilines is 4. The van der Waals surface area contributed by atoms with Crippen molar-refractivity contribution in [2.24, 2.45) is 0 Å². The summed E-state index contributed by atoms with van der Waals surface area (Å²) in [6, 6.07) is 9.43. The molecule has 1 aliphatic heterocycles. The van der Waals surface area contributed by atoms with Gasteiger partial charge in [0.05, 0.1) is 15.8 Å². The zero-order valence-electron chi connectivity index (χ0n) is 17.8. The molecule has 0 aliphatic carbocycles. The van der Waals surface area contributed by atoms with Gasteiger partial charge in [-0.05, 0) is 63.3 Å². The molecule has 1 aliphatic rings. The first-order valence-corrected chi connectivity index (χ1v) is 12.6. The van der Waals surface area contributed by atoms with Crippen LogP contribution >= 0.6 is 11.3 Å². The number of benzene rings is 1. The van der Waals surface area contributed by atoms with Crippen LogP contribution in [0.5, 0.6) is 0 Å². The molecule has 0 unspecified atom stereocenters. The van der Waals surface area contributed by atoms with Gasteiger partial charge in [0.1, 0.15) is 10.6 Å². The maximum atomic E-state index is 12.5. The molecule has 166 valence electrons. The van der Waals surface area contributed by atoms with Crippen molar-refractivity contribution in [3.63, 3.8) is 0 Å². The van der Waals surface area contributed by atoms with E-state index in [2.05, 4.69) is 20.3 Å². The van der Waals surface area contributed by atoms with Gasteiger partial charge in [-0.25, -0.2) is 13.4 Å². The zero-order valence-corrected chi connectivity index (χ0v) is 19.4. The highest BCUT2D eigenvalue weighted by Crippen LogP contribution is 2.30. The molecule has 0 amide bonds. The summed E-state index contributed by atoms with van der Waals surface area (Å²) < 4.78 is 32.2. The van der Waals surface area contributed by atoms with Crippen molar-refractivity contribution in [2.45, 2.75) is 44.4 Å². The molecule has 0 bridgehead atoms. The van der Waals surface area contributed by atoms with Crippen LogP contribution in [0.2, 0.25) is 0 Å². The molecule has 3 N–H and O–H groups in total. The Bertz CT molecular complexity index is 1170. The minimum atomic E-state index is -3.51. The lowest BCUT2D eigenvalue weighted by atomic mass is 10.1. The summed E-state index contributed by atoms with van der Waals surface area (Å²) in [6.07, 6.45) is 1.84. The Hall–Kier alpha value is -2.43. The molecule has 4 rings (SSSR count). The van der Waals surface area contributed by atoms with Crippen molar-refractivity contribution in [3.8, 4) is 0 Å². The smallest absolute Gasteiger partial charge is 0.237 e. The monoisotopic (exact) mass is 461 g/mol. The second-order valence-corrected chi connectivity index (χ2v) is 11.8. The highest BCUT2D eigenvalue weighted by molar-refractivity contribution is 7.94. The molecule has 10 heteroatoms. The van der Waals surface area contributed by atoms with Crippen molar-refractivity contribution < 1.29 is 13.2 Å². The Morgan fingerprint density at radius 2 is 1.84 bits per heavy atom. The Morgan fingerprint density at radius 3 is 2.58 bits per heavy atom. The number of aromatic nitrogens is 2. The third kappa shape index (κ3) is 5.08. The molecule has 0 radical (unpaired) electrons. The largest absolute Gasteiger partial charge is 0.381 e. The van der Waals surface area contributed by atoms with Crippen molar-refractivity contribution in [1.82, 2.24) is 9.97 Å². The van der Waals surface area contributed by atoms with E-state index in [1.807, 2.05) is 17.5 Å². The third-order valence-electron chi connectivity index (χ3n) is 5.06. The van der Waals surface area contributed by atoms with Crippen molar-refractivity contribution in [1.29, 1.82) is 0 Å². The fourth-order valence-corrected chi connectivity index (χ4v) is 4.65. The van der Waals surface area contributed by atoms with Crippen LogP contribution < -0.4 is 15.4 Å². The van der Waals surface area contributed by atoms with E-state index >= 15 is 0 Å². The Labute approximate surface area is 186 Å². The van der Waals surface area contributed by atoms with Crippen LogP contribution in [0.15, 0.2) is 35.7 Å². The molecule has 3 aromatic rings. The summed E-state index contributed by atoms with van der Waals surface area (Å²) in [6.45, 7) is 6.47. The average Bonchev–Trinajstić information content (AvgIpc) is 3.17. The molecule has 2 aromatic heterocycles. The summed E-state index contributed by atoms with van der Waals surface area (Å²) in [5, 5.41) is 9.65. The molecule has 1 aromatic carbocycles. The van der Waals surface area contributed by atoms with Crippen LogP contribution in [0.1, 0.15) is 33.6 Å². The van der Waals surface area contributed by atoms with E-state index < -0.39 is 14.8 Å². The van der Waals surface area contributed by atoms with E-state index in [1.165, 1.54) is 0 Å². The number of thiophene rings is 1. The first-order valence-electron chi connectivity index (χ1n) is 10.2. The van der Waals surface area contributed by atoms with E-state index in [1.54, 1.807) is 50.3 Å². The van der Waals surface area contributed by atoms with Crippen LogP contribution in [-0.2, 0) is 14.8 Å². The molecule has 0 atom stereocenters. The molecule has 0 saturated carbocycles. The minimum Gasteiger partial charge on any atom is -0.381 e. The van der Waals surface area contributed by atoms with Gasteiger partial charge in [-0.2, -0.15) is 4.98 Å². The Balaban J connectivity index is 1.59. The molecule has 3 heterocycles. The van der Waals surface area contributed by atoms with Gasteiger partial charge >= 0.3 is 0 Å². The molecule has 1 saturated heterocycles. The van der Waals surface area contributed by atoms with Gasteiger partial charge in [0, 0.05) is 24.9 Å². The fourth-order valence-electron chi connectivity index (χ4n) is 3.15. The first kappa shape index (κ1) is 21.8. The first-order chi connectivity index (χ1) is 14.7. The van der Waals surface area contributed by atoms with Crippen LogP contribution in [-0.4, -0.2) is 42.4 Å². The molecule has 1 fully saturated rings. The molecule has 8 nitrogen and oxygen atoms in total. The van der Waals surface area contributed by atoms with Gasteiger partial charge in [-0.3, -0.25) is 4.72 Å².